The van der Waals surface area contributed by atoms with Crippen molar-refractivity contribution in [1.29, 1.82) is 0 Å². The van der Waals surface area contributed by atoms with E-state index in [9.17, 15) is 8.42 Å². The van der Waals surface area contributed by atoms with Crippen LogP contribution in [0.4, 0.5) is 5.69 Å². The molecule has 3 rings (SSSR count). The Kier molecular flexibility index (Phi) is 3.72. The molecule has 0 unspecified atom stereocenters. The molecule has 7 heteroatoms. The van der Waals surface area contributed by atoms with Gasteiger partial charge in [-0.05, 0) is 26.0 Å². The fraction of sp³-hybridized carbons (Fsp3) is 0.400. The van der Waals surface area contributed by atoms with Crippen molar-refractivity contribution < 1.29 is 8.42 Å². The van der Waals surface area contributed by atoms with Crippen LogP contribution < -0.4 is 4.31 Å². The maximum atomic E-state index is 13.1. The summed E-state index contributed by atoms with van der Waals surface area (Å²) in [6, 6.07) is 7.50. The molecule has 0 fully saturated rings. The fourth-order valence-corrected chi connectivity index (χ4v) is 5.62. The number of imidazole rings is 1. The number of anilines is 1. The average Bonchev–Trinajstić information content (AvgIpc) is 2.80. The van der Waals surface area contributed by atoms with Crippen molar-refractivity contribution in [3.63, 3.8) is 0 Å². The van der Waals surface area contributed by atoms with Crippen LogP contribution in [0, 0.1) is 6.92 Å². The van der Waals surface area contributed by atoms with Crippen LogP contribution in [-0.4, -0.2) is 29.3 Å². The monoisotopic (exact) mass is 337 g/mol. The molecule has 5 nitrogen and oxygen atoms in total. The molecule has 22 heavy (non-hydrogen) atoms. The van der Waals surface area contributed by atoms with Crippen molar-refractivity contribution in [2.24, 2.45) is 7.05 Å². The number of hydrogen-bond donors (Lipinski definition) is 0. The summed E-state index contributed by atoms with van der Waals surface area (Å²) in [7, 11) is -1.87. The topological polar surface area (TPSA) is 55.2 Å². The van der Waals surface area contributed by atoms with Gasteiger partial charge in [0.15, 0.2) is 5.03 Å². The van der Waals surface area contributed by atoms with Gasteiger partial charge in [0.25, 0.3) is 10.0 Å². The Morgan fingerprint density at radius 2 is 1.91 bits per heavy atom. The third-order valence-corrected chi connectivity index (χ3v) is 7.21. The van der Waals surface area contributed by atoms with Crippen molar-refractivity contribution in [2.75, 3.05) is 4.31 Å². The van der Waals surface area contributed by atoms with Crippen molar-refractivity contribution in [1.82, 2.24) is 9.55 Å². The first kappa shape index (κ1) is 15.4. The standard InChI is InChI=1S/C15H19N3O2S2/c1-10-11(2)21-14-8-6-5-7-13(14)18(10)22(19,20)15-9-17(4)12(3)16-15/h5-11H,1-4H3/t10-,11+/m0/s1. The van der Waals surface area contributed by atoms with Crippen LogP contribution in [0.5, 0.6) is 0 Å². The van der Waals surface area contributed by atoms with Gasteiger partial charge in [0, 0.05) is 23.4 Å². The molecule has 2 atom stereocenters. The number of fused-ring (bicyclic) bond motifs is 1. The second kappa shape index (κ2) is 5.31. The van der Waals surface area contributed by atoms with E-state index in [0.717, 1.165) is 10.6 Å². The van der Waals surface area contributed by atoms with E-state index in [0.29, 0.717) is 5.82 Å². The second-order valence-electron chi connectivity index (χ2n) is 5.57. The van der Waals surface area contributed by atoms with Gasteiger partial charge in [-0.3, -0.25) is 4.31 Å². The number of aromatic nitrogens is 2. The largest absolute Gasteiger partial charge is 0.337 e. The predicted octanol–water partition coefficient (Wildman–Crippen LogP) is 2.81. The summed E-state index contributed by atoms with van der Waals surface area (Å²) in [4.78, 5) is 5.21. The van der Waals surface area contributed by atoms with Gasteiger partial charge in [0.05, 0.1) is 11.7 Å². The van der Waals surface area contributed by atoms with E-state index < -0.39 is 10.0 Å². The molecule has 1 aromatic heterocycles. The molecule has 0 amide bonds. The van der Waals surface area contributed by atoms with Crippen molar-refractivity contribution in [2.45, 2.75) is 42.0 Å². The van der Waals surface area contributed by atoms with Gasteiger partial charge in [-0.2, -0.15) is 8.42 Å². The van der Waals surface area contributed by atoms with E-state index in [1.165, 1.54) is 4.31 Å². The van der Waals surface area contributed by atoms with E-state index in [1.807, 2.05) is 31.2 Å². The lowest BCUT2D eigenvalue weighted by Crippen LogP contribution is -2.46. The number of sulfonamides is 1. The van der Waals surface area contributed by atoms with Gasteiger partial charge in [-0.25, -0.2) is 4.98 Å². The Balaban J connectivity index is 2.17. The highest BCUT2D eigenvalue weighted by Gasteiger charge is 2.38. The van der Waals surface area contributed by atoms with Crippen LogP contribution >= 0.6 is 11.8 Å². The zero-order valence-corrected chi connectivity index (χ0v) is 14.6. The highest BCUT2D eigenvalue weighted by molar-refractivity contribution is 8.00. The van der Waals surface area contributed by atoms with Gasteiger partial charge in [0.2, 0.25) is 0 Å². The summed E-state index contributed by atoms with van der Waals surface area (Å²) in [6.45, 7) is 5.80. The Hall–Kier alpha value is -1.47. The first-order chi connectivity index (χ1) is 10.3. The second-order valence-corrected chi connectivity index (χ2v) is 8.75. The quantitative estimate of drug-likeness (QED) is 0.845. The molecule has 1 aliphatic rings. The lowest BCUT2D eigenvalue weighted by molar-refractivity contribution is 0.573. The van der Waals surface area contributed by atoms with Gasteiger partial charge < -0.3 is 4.57 Å². The number of rotatable bonds is 2. The van der Waals surface area contributed by atoms with E-state index in [2.05, 4.69) is 11.9 Å². The first-order valence-electron chi connectivity index (χ1n) is 7.12. The summed E-state index contributed by atoms with van der Waals surface area (Å²) in [5.41, 5.74) is 0.737. The highest BCUT2D eigenvalue weighted by Crippen LogP contribution is 2.43. The molecule has 0 N–H and O–H groups in total. The Morgan fingerprint density at radius 3 is 2.55 bits per heavy atom. The molecule has 1 aliphatic heterocycles. The van der Waals surface area contributed by atoms with Crippen LogP contribution in [0.25, 0.3) is 0 Å². The van der Waals surface area contributed by atoms with E-state index in [1.54, 1.807) is 36.5 Å². The summed E-state index contributed by atoms with van der Waals surface area (Å²) < 4.78 is 29.5. The molecule has 0 radical (unpaired) electrons. The fourth-order valence-electron chi connectivity index (χ4n) is 2.55. The molecule has 118 valence electrons. The summed E-state index contributed by atoms with van der Waals surface area (Å²) in [5.74, 6) is 0.680. The van der Waals surface area contributed by atoms with Gasteiger partial charge >= 0.3 is 0 Å². The van der Waals surface area contributed by atoms with E-state index in [4.69, 9.17) is 0 Å². The molecule has 0 saturated carbocycles. The molecular weight excluding hydrogens is 318 g/mol. The Labute approximate surface area is 135 Å². The molecule has 2 heterocycles. The number of para-hydroxylation sites is 1. The van der Waals surface area contributed by atoms with Crippen molar-refractivity contribution in [3.05, 3.63) is 36.3 Å². The van der Waals surface area contributed by atoms with Crippen LogP contribution in [0.15, 0.2) is 40.4 Å². The van der Waals surface area contributed by atoms with Crippen LogP contribution in [0.1, 0.15) is 19.7 Å². The molecular formula is C15H19N3O2S2. The molecule has 0 saturated heterocycles. The van der Waals surface area contributed by atoms with Crippen LogP contribution in [0.3, 0.4) is 0 Å². The van der Waals surface area contributed by atoms with E-state index >= 15 is 0 Å². The van der Waals surface area contributed by atoms with Crippen LogP contribution in [-0.2, 0) is 17.1 Å². The van der Waals surface area contributed by atoms with Gasteiger partial charge in [-0.15, -0.1) is 11.8 Å². The highest BCUT2D eigenvalue weighted by atomic mass is 32.2. The number of hydrogen-bond acceptors (Lipinski definition) is 4. The SMILES string of the molecule is Cc1nc(S(=O)(=O)N2c3ccccc3S[C@H](C)[C@@H]2C)cn1C. The first-order valence-corrected chi connectivity index (χ1v) is 9.44. The lowest BCUT2D eigenvalue weighted by atomic mass is 10.2. The Bertz CT molecular complexity index is 794. The Morgan fingerprint density at radius 1 is 1.23 bits per heavy atom. The summed E-state index contributed by atoms with van der Waals surface area (Å²) in [6.07, 6.45) is 1.58. The number of thioether (sulfide) groups is 1. The molecule has 1 aromatic carbocycles. The van der Waals surface area contributed by atoms with Gasteiger partial charge in [-0.1, -0.05) is 19.1 Å². The minimum atomic E-state index is -3.67. The van der Waals surface area contributed by atoms with Crippen molar-refractivity contribution in [3.8, 4) is 0 Å². The summed E-state index contributed by atoms with van der Waals surface area (Å²) in [5, 5.41) is 0.280. The maximum Gasteiger partial charge on any atom is 0.283 e. The maximum absolute atomic E-state index is 13.1. The minimum absolute atomic E-state index is 0.105. The number of aryl methyl sites for hydroxylation is 2. The summed E-state index contributed by atoms with van der Waals surface area (Å²) >= 11 is 1.71. The van der Waals surface area contributed by atoms with Crippen molar-refractivity contribution >= 4 is 27.5 Å². The zero-order chi connectivity index (χ0) is 16.1. The molecule has 0 aliphatic carbocycles. The van der Waals surface area contributed by atoms with Gasteiger partial charge in [0.1, 0.15) is 5.82 Å². The molecule has 0 bridgehead atoms. The molecule has 0 spiro atoms. The third-order valence-electron chi connectivity index (χ3n) is 4.07. The predicted molar refractivity (Wildman–Crippen MR) is 88.8 cm³/mol. The zero-order valence-electron chi connectivity index (χ0n) is 13.0. The normalized spacial score (nSPS) is 21.7. The number of benzene rings is 1. The average molecular weight is 337 g/mol. The smallest absolute Gasteiger partial charge is 0.283 e. The molecule has 2 aromatic rings. The lowest BCUT2D eigenvalue weighted by Gasteiger charge is -2.38. The minimum Gasteiger partial charge on any atom is -0.337 e. The van der Waals surface area contributed by atoms with E-state index in [-0.39, 0.29) is 16.3 Å². The number of nitrogens with zero attached hydrogens (tertiary/aromatic N) is 3. The van der Waals surface area contributed by atoms with Crippen LogP contribution in [0.2, 0.25) is 0 Å². The third kappa shape index (κ3) is 2.32.